The van der Waals surface area contributed by atoms with Gasteiger partial charge in [0.15, 0.2) is 5.82 Å². The summed E-state index contributed by atoms with van der Waals surface area (Å²) >= 11 is 0. The molecule has 5 aliphatic rings. The number of nitrogens with zero attached hydrogens (tertiary/aromatic N) is 7. The number of nitrogens with one attached hydrogen (secondary N) is 1. The fraction of sp³-hybridized carbons (Fsp3) is 0.606. The first-order valence-corrected chi connectivity index (χ1v) is 16.2. The molecule has 1 N–H and O–H groups in total. The minimum atomic E-state index is -0.328. The summed E-state index contributed by atoms with van der Waals surface area (Å²) in [6.45, 7) is 8.90. The van der Waals surface area contributed by atoms with Crippen LogP contribution in [0.3, 0.4) is 0 Å². The van der Waals surface area contributed by atoms with Gasteiger partial charge in [-0.15, -0.1) is 10.2 Å². The molecule has 0 bridgehead atoms. The molecule has 3 aliphatic carbocycles. The summed E-state index contributed by atoms with van der Waals surface area (Å²) in [5, 5.41) is 20.4. The van der Waals surface area contributed by atoms with Gasteiger partial charge in [0.1, 0.15) is 17.9 Å². The summed E-state index contributed by atoms with van der Waals surface area (Å²) in [5.74, 6) is 3.13. The van der Waals surface area contributed by atoms with Crippen LogP contribution in [0.5, 0.6) is 11.6 Å². The standard InChI is InChI=1S/C33H41FN8O/c1-20(2)30(22-11-25(12-22)39-24-6-7-24)42-17-33(18-42)9-10-41(16-33)31-32(40-38-19-35-31)43-29-8-5-23(34)13-26(29)28-15-37-36-14-27(28)21-3-4-21/h5,8,13-15,19-22,24-25,30,39H,3-4,6-7,9-12,16-18H2,1-2H3/t22?,25?,30-/m1/s1. The number of likely N-dealkylation sites (tertiary alicyclic amines) is 1. The van der Waals surface area contributed by atoms with Crippen molar-refractivity contribution < 1.29 is 9.13 Å². The van der Waals surface area contributed by atoms with E-state index in [1.807, 2.05) is 0 Å². The molecule has 2 aliphatic heterocycles. The Morgan fingerprint density at radius 3 is 2.56 bits per heavy atom. The molecule has 2 aromatic heterocycles. The Kier molecular flexibility index (Phi) is 6.82. The van der Waals surface area contributed by atoms with Crippen LogP contribution in [0.2, 0.25) is 0 Å². The highest BCUT2D eigenvalue weighted by atomic mass is 19.1. The molecule has 226 valence electrons. The molecule has 3 aromatic rings. The molecule has 8 rings (SSSR count). The van der Waals surface area contributed by atoms with Crippen LogP contribution in [0.4, 0.5) is 10.2 Å². The van der Waals surface area contributed by atoms with Crippen LogP contribution in [0, 0.1) is 23.1 Å². The van der Waals surface area contributed by atoms with Gasteiger partial charge in [0, 0.05) is 60.8 Å². The first-order valence-electron chi connectivity index (χ1n) is 16.2. The van der Waals surface area contributed by atoms with Crippen LogP contribution in [0.1, 0.15) is 70.3 Å². The summed E-state index contributed by atoms with van der Waals surface area (Å²) in [7, 11) is 0. The van der Waals surface area contributed by atoms with E-state index in [4.69, 9.17) is 4.74 Å². The minimum absolute atomic E-state index is 0.272. The monoisotopic (exact) mass is 584 g/mol. The van der Waals surface area contributed by atoms with Gasteiger partial charge >= 0.3 is 0 Å². The summed E-state index contributed by atoms with van der Waals surface area (Å²) < 4.78 is 20.9. The van der Waals surface area contributed by atoms with E-state index in [0.29, 0.717) is 40.9 Å². The van der Waals surface area contributed by atoms with E-state index in [1.54, 1.807) is 18.5 Å². The zero-order valence-electron chi connectivity index (χ0n) is 25.1. The smallest absolute Gasteiger partial charge is 0.282 e. The SMILES string of the molecule is CC(C)[C@H](C1CC(NC2CC2)C1)N1CC2(CCN(c3ncnnc3Oc3ccc(F)cc3-c3cnncc3C3CC3)C2)C1. The van der Waals surface area contributed by atoms with Gasteiger partial charge in [0.05, 0.1) is 12.4 Å². The maximum atomic E-state index is 14.5. The number of anilines is 1. The van der Waals surface area contributed by atoms with Crippen LogP contribution in [0.25, 0.3) is 11.1 Å². The van der Waals surface area contributed by atoms with Crippen LogP contribution in [-0.4, -0.2) is 74.6 Å². The Balaban J connectivity index is 0.971. The van der Waals surface area contributed by atoms with Crippen molar-refractivity contribution in [2.45, 2.75) is 82.8 Å². The molecule has 2 saturated heterocycles. The lowest BCUT2D eigenvalue weighted by Gasteiger charge is -2.57. The van der Waals surface area contributed by atoms with Gasteiger partial charge in [0.25, 0.3) is 5.88 Å². The number of hydrogen-bond donors (Lipinski definition) is 1. The number of halogens is 1. The quantitative estimate of drug-likeness (QED) is 0.345. The van der Waals surface area contributed by atoms with Crippen molar-refractivity contribution in [3.8, 4) is 22.8 Å². The van der Waals surface area contributed by atoms with E-state index in [1.165, 1.54) is 44.1 Å². The zero-order chi connectivity index (χ0) is 29.1. The third-order valence-electron chi connectivity index (χ3n) is 10.4. The van der Waals surface area contributed by atoms with Crippen LogP contribution in [0.15, 0.2) is 36.9 Å². The van der Waals surface area contributed by atoms with Crippen molar-refractivity contribution in [3.05, 3.63) is 48.3 Å². The molecular weight excluding hydrogens is 543 g/mol. The molecule has 9 nitrogen and oxygen atoms in total. The maximum Gasteiger partial charge on any atom is 0.282 e. The molecule has 1 spiro atoms. The summed E-state index contributed by atoms with van der Waals surface area (Å²) in [4.78, 5) is 9.70. The van der Waals surface area contributed by atoms with Crippen molar-refractivity contribution in [1.82, 2.24) is 35.6 Å². The molecular formula is C33H41FN8O. The van der Waals surface area contributed by atoms with E-state index in [2.05, 4.69) is 54.3 Å². The lowest BCUT2D eigenvalue weighted by Crippen LogP contribution is -2.65. The minimum Gasteiger partial charge on any atom is -0.434 e. The number of rotatable bonds is 10. The van der Waals surface area contributed by atoms with Crippen LogP contribution < -0.4 is 15.0 Å². The molecule has 3 saturated carbocycles. The molecule has 0 unspecified atom stereocenters. The lowest BCUT2D eigenvalue weighted by molar-refractivity contribution is -0.0690. The maximum absolute atomic E-state index is 14.5. The second kappa shape index (κ2) is 10.7. The summed E-state index contributed by atoms with van der Waals surface area (Å²) in [5.41, 5.74) is 2.84. The first kappa shape index (κ1) is 27.3. The van der Waals surface area contributed by atoms with E-state index in [-0.39, 0.29) is 11.2 Å². The van der Waals surface area contributed by atoms with Crippen molar-refractivity contribution >= 4 is 5.82 Å². The predicted octanol–water partition coefficient (Wildman–Crippen LogP) is 5.20. The Morgan fingerprint density at radius 1 is 0.977 bits per heavy atom. The second-order valence-corrected chi connectivity index (χ2v) is 14.1. The van der Waals surface area contributed by atoms with Crippen molar-refractivity contribution in [3.63, 3.8) is 0 Å². The summed E-state index contributed by atoms with van der Waals surface area (Å²) in [6, 6.07) is 6.78. The Labute approximate surface area is 252 Å². The third-order valence-corrected chi connectivity index (χ3v) is 10.4. The first-order chi connectivity index (χ1) is 20.9. The fourth-order valence-electron chi connectivity index (χ4n) is 8.05. The molecule has 5 fully saturated rings. The molecule has 10 heteroatoms. The predicted molar refractivity (Wildman–Crippen MR) is 161 cm³/mol. The van der Waals surface area contributed by atoms with Crippen molar-refractivity contribution in [2.75, 3.05) is 31.1 Å². The molecule has 0 amide bonds. The van der Waals surface area contributed by atoms with E-state index >= 15 is 0 Å². The molecule has 0 radical (unpaired) electrons. The molecule has 1 atom stereocenters. The van der Waals surface area contributed by atoms with Crippen LogP contribution in [-0.2, 0) is 0 Å². The number of benzene rings is 1. The van der Waals surface area contributed by atoms with Crippen molar-refractivity contribution in [2.24, 2.45) is 17.3 Å². The number of ether oxygens (including phenoxy) is 1. The summed E-state index contributed by atoms with van der Waals surface area (Å²) in [6.07, 6.45) is 13.7. The zero-order valence-corrected chi connectivity index (χ0v) is 25.1. The van der Waals surface area contributed by atoms with Gasteiger partial charge in [-0.3, -0.25) is 4.90 Å². The average molecular weight is 585 g/mol. The van der Waals surface area contributed by atoms with E-state index in [9.17, 15) is 4.39 Å². The number of hydrogen-bond acceptors (Lipinski definition) is 9. The van der Waals surface area contributed by atoms with Gasteiger partial charge in [-0.25, -0.2) is 9.37 Å². The Morgan fingerprint density at radius 2 is 1.79 bits per heavy atom. The van der Waals surface area contributed by atoms with E-state index in [0.717, 1.165) is 74.6 Å². The van der Waals surface area contributed by atoms with E-state index < -0.39 is 0 Å². The third kappa shape index (κ3) is 5.37. The number of aromatic nitrogens is 5. The van der Waals surface area contributed by atoms with Gasteiger partial charge < -0.3 is 15.0 Å². The van der Waals surface area contributed by atoms with Gasteiger partial charge in [0.2, 0.25) is 0 Å². The Bertz CT molecular complexity index is 1480. The Hall–Kier alpha value is -3.24. The van der Waals surface area contributed by atoms with Gasteiger partial charge in [-0.05, 0) is 86.5 Å². The van der Waals surface area contributed by atoms with Gasteiger partial charge in [-0.2, -0.15) is 10.2 Å². The van der Waals surface area contributed by atoms with Crippen molar-refractivity contribution in [1.29, 1.82) is 0 Å². The highest BCUT2D eigenvalue weighted by Gasteiger charge is 2.53. The normalized spacial score (nSPS) is 25.5. The van der Waals surface area contributed by atoms with Gasteiger partial charge in [-0.1, -0.05) is 13.8 Å². The largest absolute Gasteiger partial charge is 0.434 e. The topological polar surface area (TPSA) is 92.2 Å². The molecule has 43 heavy (non-hydrogen) atoms. The average Bonchev–Trinajstić information content (AvgIpc) is 3.91. The fourth-order valence-corrected chi connectivity index (χ4v) is 8.05. The second-order valence-electron chi connectivity index (χ2n) is 14.1. The molecule has 4 heterocycles. The highest BCUT2D eigenvalue weighted by Crippen LogP contribution is 2.49. The molecule has 1 aromatic carbocycles. The van der Waals surface area contributed by atoms with Crippen LogP contribution >= 0.6 is 0 Å². The highest BCUT2D eigenvalue weighted by molar-refractivity contribution is 5.74. The lowest BCUT2D eigenvalue weighted by atomic mass is 9.68.